The maximum atomic E-state index is 12.1. The average molecular weight is 332 g/mol. The molecule has 1 aromatic heterocycles. The number of amides is 1. The molecule has 1 N–H and O–H groups in total. The first-order chi connectivity index (χ1) is 11.2. The fourth-order valence-corrected chi connectivity index (χ4v) is 2.80. The van der Waals surface area contributed by atoms with Gasteiger partial charge < -0.3 is 10.1 Å². The summed E-state index contributed by atoms with van der Waals surface area (Å²) in [5.74, 6) is 0.721. The standard InChI is InChI=1S/C18H24N2O2S/c1-3-4-5-6-11-22-17-9-7-15(8-10-17)18(21)19-12-16-13-23-14(2)20-16/h7-10,13H,3-6,11-12H2,1-2H3,(H,19,21). The number of ether oxygens (including phenoxy) is 1. The van der Waals surface area contributed by atoms with Gasteiger partial charge in [-0.2, -0.15) is 0 Å². The summed E-state index contributed by atoms with van der Waals surface area (Å²) in [6, 6.07) is 7.29. The molecule has 0 aliphatic heterocycles. The number of hydrogen-bond donors (Lipinski definition) is 1. The summed E-state index contributed by atoms with van der Waals surface area (Å²) >= 11 is 1.59. The van der Waals surface area contributed by atoms with Gasteiger partial charge in [0.05, 0.1) is 23.9 Å². The van der Waals surface area contributed by atoms with Gasteiger partial charge in [-0.05, 0) is 37.6 Å². The van der Waals surface area contributed by atoms with Crippen LogP contribution in [0.15, 0.2) is 29.6 Å². The summed E-state index contributed by atoms with van der Waals surface area (Å²) < 4.78 is 5.68. The Labute approximate surface area is 141 Å². The topological polar surface area (TPSA) is 51.2 Å². The van der Waals surface area contributed by atoms with E-state index in [9.17, 15) is 4.79 Å². The lowest BCUT2D eigenvalue weighted by Gasteiger charge is -2.07. The summed E-state index contributed by atoms with van der Waals surface area (Å²) in [4.78, 5) is 16.4. The zero-order valence-electron chi connectivity index (χ0n) is 13.8. The van der Waals surface area contributed by atoms with Gasteiger partial charge in [-0.1, -0.05) is 26.2 Å². The fourth-order valence-electron chi connectivity index (χ4n) is 2.18. The number of carbonyl (C=O) groups excluding carboxylic acids is 1. The summed E-state index contributed by atoms with van der Waals surface area (Å²) in [5, 5.41) is 5.85. The van der Waals surface area contributed by atoms with Crippen molar-refractivity contribution in [3.05, 3.63) is 45.9 Å². The van der Waals surface area contributed by atoms with Gasteiger partial charge in [-0.3, -0.25) is 4.79 Å². The summed E-state index contributed by atoms with van der Waals surface area (Å²) in [6.45, 7) is 5.34. The molecule has 1 amide bonds. The Morgan fingerprint density at radius 2 is 2.00 bits per heavy atom. The van der Waals surface area contributed by atoms with Crippen molar-refractivity contribution < 1.29 is 9.53 Å². The molecule has 0 saturated heterocycles. The molecule has 23 heavy (non-hydrogen) atoms. The first kappa shape index (κ1) is 17.5. The quantitative estimate of drug-likeness (QED) is 0.695. The Morgan fingerprint density at radius 1 is 1.22 bits per heavy atom. The largest absolute Gasteiger partial charge is 0.494 e. The van der Waals surface area contributed by atoms with Crippen LogP contribution < -0.4 is 10.1 Å². The van der Waals surface area contributed by atoms with E-state index in [1.807, 2.05) is 24.4 Å². The number of benzene rings is 1. The van der Waals surface area contributed by atoms with E-state index in [-0.39, 0.29) is 5.91 Å². The van der Waals surface area contributed by atoms with Crippen LogP contribution in [0, 0.1) is 6.92 Å². The van der Waals surface area contributed by atoms with Crippen molar-refractivity contribution in [1.82, 2.24) is 10.3 Å². The van der Waals surface area contributed by atoms with E-state index < -0.39 is 0 Å². The van der Waals surface area contributed by atoms with Crippen molar-refractivity contribution in [2.24, 2.45) is 0 Å². The molecule has 5 heteroatoms. The van der Waals surface area contributed by atoms with E-state index in [2.05, 4.69) is 17.2 Å². The number of nitrogens with zero attached hydrogens (tertiary/aromatic N) is 1. The van der Waals surface area contributed by atoms with Gasteiger partial charge in [0.25, 0.3) is 5.91 Å². The van der Waals surface area contributed by atoms with Gasteiger partial charge in [0, 0.05) is 10.9 Å². The average Bonchev–Trinajstić information content (AvgIpc) is 2.98. The molecule has 0 saturated carbocycles. The zero-order valence-corrected chi connectivity index (χ0v) is 14.6. The minimum atomic E-state index is -0.0925. The Kier molecular flexibility index (Phi) is 7.07. The van der Waals surface area contributed by atoms with Crippen LogP contribution in [-0.4, -0.2) is 17.5 Å². The second-order valence-electron chi connectivity index (χ2n) is 5.47. The highest BCUT2D eigenvalue weighted by Crippen LogP contribution is 2.13. The molecule has 4 nitrogen and oxygen atoms in total. The number of carbonyl (C=O) groups is 1. The van der Waals surface area contributed by atoms with Crippen LogP contribution >= 0.6 is 11.3 Å². The monoisotopic (exact) mass is 332 g/mol. The lowest BCUT2D eigenvalue weighted by atomic mass is 10.2. The Bertz CT molecular complexity index is 608. The van der Waals surface area contributed by atoms with Crippen molar-refractivity contribution in [3.8, 4) is 5.75 Å². The maximum absolute atomic E-state index is 12.1. The molecule has 1 heterocycles. The summed E-state index contributed by atoms with van der Waals surface area (Å²) in [7, 11) is 0. The third kappa shape index (κ3) is 6.02. The lowest BCUT2D eigenvalue weighted by Crippen LogP contribution is -2.22. The van der Waals surface area contributed by atoms with Crippen LogP contribution in [-0.2, 0) is 6.54 Å². The van der Waals surface area contributed by atoms with Gasteiger partial charge in [0.15, 0.2) is 0 Å². The van der Waals surface area contributed by atoms with Crippen LogP contribution in [0.25, 0.3) is 0 Å². The van der Waals surface area contributed by atoms with Gasteiger partial charge in [-0.15, -0.1) is 11.3 Å². The molecular formula is C18H24N2O2S. The minimum absolute atomic E-state index is 0.0925. The van der Waals surface area contributed by atoms with Crippen LogP contribution in [0.1, 0.15) is 53.7 Å². The van der Waals surface area contributed by atoms with Crippen LogP contribution in [0.3, 0.4) is 0 Å². The highest BCUT2D eigenvalue weighted by Gasteiger charge is 2.06. The van der Waals surface area contributed by atoms with Crippen molar-refractivity contribution in [1.29, 1.82) is 0 Å². The number of aryl methyl sites for hydroxylation is 1. The van der Waals surface area contributed by atoms with Gasteiger partial charge in [-0.25, -0.2) is 4.98 Å². The van der Waals surface area contributed by atoms with Gasteiger partial charge in [0.1, 0.15) is 5.75 Å². The van der Waals surface area contributed by atoms with Crippen LogP contribution in [0.5, 0.6) is 5.75 Å². The third-order valence-corrected chi connectivity index (χ3v) is 4.30. The molecule has 0 aliphatic carbocycles. The van der Waals surface area contributed by atoms with E-state index in [1.165, 1.54) is 19.3 Å². The number of unbranched alkanes of at least 4 members (excludes halogenated alkanes) is 3. The molecule has 0 aliphatic rings. The molecule has 0 unspecified atom stereocenters. The number of thiazole rings is 1. The highest BCUT2D eigenvalue weighted by molar-refractivity contribution is 7.09. The van der Waals surface area contributed by atoms with Gasteiger partial charge >= 0.3 is 0 Å². The normalized spacial score (nSPS) is 10.5. The molecule has 0 spiro atoms. The second-order valence-corrected chi connectivity index (χ2v) is 6.54. The predicted molar refractivity (Wildman–Crippen MR) is 94.1 cm³/mol. The van der Waals surface area contributed by atoms with E-state index in [0.29, 0.717) is 12.1 Å². The number of nitrogens with one attached hydrogen (secondary N) is 1. The molecule has 0 bridgehead atoms. The van der Waals surface area contributed by atoms with E-state index in [1.54, 1.807) is 23.5 Å². The van der Waals surface area contributed by atoms with Crippen LogP contribution in [0.2, 0.25) is 0 Å². The lowest BCUT2D eigenvalue weighted by molar-refractivity contribution is 0.0950. The molecule has 0 radical (unpaired) electrons. The Hall–Kier alpha value is -1.88. The minimum Gasteiger partial charge on any atom is -0.494 e. The number of hydrogen-bond acceptors (Lipinski definition) is 4. The van der Waals surface area contributed by atoms with Crippen molar-refractivity contribution in [2.75, 3.05) is 6.61 Å². The molecule has 1 aromatic carbocycles. The van der Waals surface area contributed by atoms with Crippen molar-refractivity contribution in [3.63, 3.8) is 0 Å². The summed E-state index contributed by atoms with van der Waals surface area (Å²) in [6.07, 6.45) is 4.75. The summed E-state index contributed by atoms with van der Waals surface area (Å²) in [5.41, 5.74) is 1.53. The second kappa shape index (κ2) is 9.30. The third-order valence-electron chi connectivity index (χ3n) is 3.48. The SMILES string of the molecule is CCCCCCOc1ccc(C(=O)NCc2csc(C)n2)cc1. The first-order valence-corrected chi connectivity index (χ1v) is 8.99. The molecular weight excluding hydrogens is 308 g/mol. The fraction of sp³-hybridized carbons (Fsp3) is 0.444. The number of rotatable bonds is 9. The molecule has 124 valence electrons. The van der Waals surface area contributed by atoms with Crippen molar-refractivity contribution in [2.45, 2.75) is 46.1 Å². The molecule has 0 fully saturated rings. The smallest absolute Gasteiger partial charge is 0.251 e. The zero-order chi connectivity index (χ0) is 16.5. The van der Waals surface area contributed by atoms with E-state index >= 15 is 0 Å². The van der Waals surface area contributed by atoms with Gasteiger partial charge in [0.2, 0.25) is 0 Å². The van der Waals surface area contributed by atoms with E-state index in [4.69, 9.17) is 4.74 Å². The van der Waals surface area contributed by atoms with Crippen LogP contribution in [0.4, 0.5) is 0 Å². The van der Waals surface area contributed by atoms with E-state index in [0.717, 1.165) is 29.5 Å². The maximum Gasteiger partial charge on any atom is 0.251 e. The Balaban J connectivity index is 1.75. The molecule has 2 rings (SSSR count). The predicted octanol–water partition coefficient (Wildman–Crippen LogP) is 4.34. The Morgan fingerprint density at radius 3 is 2.65 bits per heavy atom. The highest BCUT2D eigenvalue weighted by atomic mass is 32.1. The first-order valence-electron chi connectivity index (χ1n) is 8.11. The van der Waals surface area contributed by atoms with Crippen molar-refractivity contribution >= 4 is 17.2 Å². The molecule has 0 atom stereocenters. The number of aromatic nitrogens is 1. The molecule has 2 aromatic rings.